The summed E-state index contributed by atoms with van der Waals surface area (Å²) in [6.07, 6.45) is 0.737. The number of tetrazole rings is 1. The topological polar surface area (TPSA) is 151 Å². The Morgan fingerprint density at radius 1 is 1.13 bits per heavy atom. The Morgan fingerprint density at radius 2 is 1.90 bits per heavy atom. The molecule has 39 heavy (non-hydrogen) atoms. The average molecular weight is 535 g/mol. The van der Waals surface area contributed by atoms with Crippen molar-refractivity contribution < 1.29 is 23.5 Å². The fourth-order valence-corrected chi connectivity index (χ4v) is 4.06. The van der Waals surface area contributed by atoms with Crippen LogP contribution in [0.25, 0.3) is 11.4 Å². The van der Waals surface area contributed by atoms with Gasteiger partial charge in [-0.15, -0.1) is 10.2 Å². The first-order valence-electron chi connectivity index (χ1n) is 11.7. The molecule has 2 aliphatic rings. The summed E-state index contributed by atoms with van der Waals surface area (Å²) in [6.45, 7) is -0.228. The molecule has 4 amide bonds. The molecule has 5 rings (SSSR count). The first-order valence-corrected chi connectivity index (χ1v) is 11.7. The number of amidine groups is 1. The van der Waals surface area contributed by atoms with Gasteiger partial charge in [0.05, 0.1) is 6.21 Å². The van der Waals surface area contributed by atoms with Gasteiger partial charge in [0.2, 0.25) is 5.82 Å². The van der Waals surface area contributed by atoms with Gasteiger partial charge in [0.15, 0.2) is 12.2 Å². The normalized spacial score (nSPS) is 19.0. The number of rotatable bonds is 6. The minimum atomic E-state index is -0.688. The molecule has 3 aromatic rings. The maximum absolute atomic E-state index is 13.1. The summed E-state index contributed by atoms with van der Waals surface area (Å²) in [5.74, 6) is -0.552. The van der Waals surface area contributed by atoms with E-state index in [2.05, 4.69) is 30.9 Å². The number of hydrazone groups is 1. The van der Waals surface area contributed by atoms with Gasteiger partial charge in [-0.1, -0.05) is 12.1 Å². The van der Waals surface area contributed by atoms with Gasteiger partial charge in [-0.25, -0.2) is 19.6 Å². The van der Waals surface area contributed by atoms with Crippen LogP contribution in [0.1, 0.15) is 5.56 Å². The summed E-state index contributed by atoms with van der Waals surface area (Å²) in [4.78, 5) is 46.7. The van der Waals surface area contributed by atoms with Crippen LogP contribution in [0.15, 0.2) is 58.6 Å². The summed E-state index contributed by atoms with van der Waals surface area (Å²) >= 11 is 0. The number of ether oxygens (including phenoxy) is 1. The third-order valence-corrected chi connectivity index (χ3v) is 6.12. The van der Waals surface area contributed by atoms with Gasteiger partial charge in [-0.2, -0.15) is 9.90 Å². The van der Waals surface area contributed by atoms with Crippen molar-refractivity contribution in [3.63, 3.8) is 0 Å². The minimum Gasteiger partial charge on any atom is -0.426 e. The molecule has 1 fully saturated rings. The fourth-order valence-electron chi connectivity index (χ4n) is 4.06. The Balaban J connectivity index is 1.18. The standard InChI is InChI=1S/C24H23FN10O4/c1-32-19-21(33(2)24(38)34(3)22(19)37)27-23(32)39-17-6-4-5-14(11-17)12-26-28-18(36)13-35-30-20(29-31-35)15-7-9-16(25)10-8-15/h4-12,19,21H,13H2,1-3H3,(H,28,36)/b26-12+. The molecule has 1 aromatic heterocycles. The lowest BCUT2D eigenvalue weighted by atomic mass is 10.1. The van der Waals surface area contributed by atoms with Gasteiger partial charge in [0, 0.05) is 26.7 Å². The van der Waals surface area contributed by atoms with Crippen molar-refractivity contribution in [1.29, 1.82) is 0 Å². The van der Waals surface area contributed by atoms with Crippen molar-refractivity contribution in [3.8, 4) is 17.1 Å². The molecule has 2 atom stereocenters. The lowest BCUT2D eigenvalue weighted by Crippen LogP contribution is -2.63. The van der Waals surface area contributed by atoms with Crippen LogP contribution in [-0.2, 0) is 16.1 Å². The second-order valence-corrected chi connectivity index (χ2v) is 8.79. The molecule has 1 saturated heterocycles. The van der Waals surface area contributed by atoms with Crippen molar-refractivity contribution in [2.75, 3.05) is 21.1 Å². The maximum Gasteiger partial charge on any atom is 0.328 e. The predicted octanol–water partition coefficient (Wildman–Crippen LogP) is 0.528. The lowest BCUT2D eigenvalue weighted by Gasteiger charge is -2.38. The highest BCUT2D eigenvalue weighted by Gasteiger charge is 2.50. The number of benzene rings is 2. The lowest BCUT2D eigenvalue weighted by molar-refractivity contribution is -0.135. The molecular weight excluding hydrogens is 511 g/mol. The van der Waals surface area contributed by atoms with E-state index >= 15 is 0 Å². The van der Waals surface area contributed by atoms with Crippen molar-refractivity contribution in [3.05, 3.63) is 59.9 Å². The third kappa shape index (κ3) is 5.14. The highest BCUT2D eigenvalue weighted by Crippen LogP contribution is 2.27. The second-order valence-electron chi connectivity index (χ2n) is 8.79. The van der Waals surface area contributed by atoms with E-state index in [-0.39, 0.29) is 30.1 Å². The number of carbonyl (C=O) groups is 3. The van der Waals surface area contributed by atoms with Crippen LogP contribution in [0, 0.1) is 5.82 Å². The highest BCUT2D eigenvalue weighted by molar-refractivity contribution is 6.03. The minimum absolute atomic E-state index is 0.191. The number of fused-ring (bicyclic) bond motifs is 1. The van der Waals surface area contributed by atoms with Gasteiger partial charge < -0.3 is 14.5 Å². The zero-order valence-electron chi connectivity index (χ0n) is 21.1. The van der Waals surface area contributed by atoms with E-state index in [0.29, 0.717) is 16.9 Å². The number of aliphatic imine (C=N–C) groups is 1. The quantitative estimate of drug-likeness (QED) is 0.355. The molecule has 0 spiro atoms. The largest absolute Gasteiger partial charge is 0.426 e. The van der Waals surface area contributed by atoms with E-state index in [1.807, 2.05) is 0 Å². The van der Waals surface area contributed by atoms with Crippen molar-refractivity contribution >= 4 is 30.1 Å². The third-order valence-electron chi connectivity index (χ3n) is 6.12. The number of nitrogens with zero attached hydrogens (tertiary/aromatic N) is 9. The molecule has 15 heteroatoms. The Hall–Kier alpha value is -5.21. The molecule has 2 aliphatic heterocycles. The molecule has 14 nitrogen and oxygen atoms in total. The van der Waals surface area contributed by atoms with Crippen LogP contribution < -0.4 is 10.2 Å². The molecule has 2 aromatic carbocycles. The number of aromatic nitrogens is 4. The van der Waals surface area contributed by atoms with E-state index in [1.165, 1.54) is 42.4 Å². The van der Waals surface area contributed by atoms with Gasteiger partial charge in [0.25, 0.3) is 17.8 Å². The monoisotopic (exact) mass is 534 g/mol. The zero-order chi connectivity index (χ0) is 27.7. The van der Waals surface area contributed by atoms with Crippen LogP contribution in [-0.4, -0.2) is 98.3 Å². The number of amides is 4. The van der Waals surface area contributed by atoms with Gasteiger partial charge in [-0.05, 0) is 47.2 Å². The Morgan fingerprint density at radius 3 is 2.67 bits per heavy atom. The number of nitrogens with one attached hydrogen (secondary N) is 1. The number of urea groups is 1. The summed E-state index contributed by atoms with van der Waals surface area (Å²) < 4.78 is 19.0. The number of likely N-dealkylation sites (N-methyl/N-ethyl adjacent to an activating group) is 3. The van der Waals surface area contributed by atoms with Gasteiger partial charge >= 0.3 is 6.03 Å². The molecule has 0 radical (unpaired) electrons. The van der Waals surface area contributed by atoms with Gasteiger partial charge in [0.1, 0.15) is 18.1 Å². The molecule has 2 unspecified atom stereocenters. The van der Waals surface area contributed by atoms with E-state index in [0.717, 1.165) is 9.70 Å². The Bertz CT molecular complexity index is 1490. The molecule has 0 saturated carbocycles. The van der Waals surface area contributed by atoms with Crippen LogP contribution in [0.2, 0.25) is 0 Å². The Kier molecular flexibility index (Phi) is 6.70. The second kappa shape index (κ2) is 10.3. The number of halogens is 1. The van der Waals surface area contributed by atoms with E-state index < -0.39 is 24.1 Å². The number of imide groups is 1. The maximum atomic E-state index is 13.1. The first-order chi connectivity index (χ1) is 18.7. The zero-order valence-corrected chi connectivity index (χ0v) is 21.1. The molecular formula is C24H23FN10O4. The summed E-state index contributed by atoms with van der Waals surface area (Å²) in [7, 11) is 4.68. The molecule has 0 aliphatic carbocycles. The smallest absolute Gasteiger partial charge is 0.328 e. The summed E-state index contributed by atoms with van der Waals surface area (Å²) in [5, 5.41) is 15.8. The van der Waals surface area contributed by atoms with Crippen molar-refractivity contribution in [2.24, 2.45) is 10.1 Å². The van der Waals surface area contributed by atoms with Crippen LogP contribution >= 0.6 is 0 Å². The molecule has 0 bridgehead atoms. The Labute approximate surface area is 221 Å². The van der Waals surface area contributed by atoms with Gasteiger partial charge in [-0.3, -0.25) is 14.5 Å². The predicted molar refractivity (Wildman–Crippen MR) is 135 cm³/mol. The van der Waals surface area contributed by atoms with Crippen LogP contribution in [0.4, 0.5) is 9.18 Å². The molecule has 3 heterocycles. The molecule has 200 valence electrons. The average Bonchev–Trinajstić information content (AvgIpc) is 3.51. The van der Waals surface area contributed by atoms with Crippen molar-refractivity contribution in [2.45, 2.75) is 18.8 Å². The van der Waals surface area contributed by atoms with Crippen LogP contribution in [0.3, 0.4) is 0 Å². The van der Waals surface area contributed by atoms with Crippen LogP contribution in [0.5, 0.6) is 5.75 Å². The molecule has 1 N–H and O–H groups in total. The van der Waals surface area contributed by atoms with Crippen molar-refractivity contribution in [1.82, 2.24) is 40.3 Å². The highest BCUT2D eigenvalue weighted by atomic mass is 19.1. The van der Waals surface area contributed by atoms with E-state index in [1.54, 1.807) is 43.3 Å². The van der Waals surface area contributed by atoms with E-state index in [9.17, 15) is 18.8 Å². The SMILES string of the molecule is CN1C(=O)C2C(N=C(Oc3cccc(/C=N/NC(=O)Cn4nnc(-c5ccc(F)cc5)n4)c3)N2C)N(C)C1=O. The number of hydrogen-bond donors (Lipinski definition) is 1. The fraction of sp³-hybridized carbons (Fsp3) is 0.250. The first kappa shape index (κ1) is 25.4. The number of hydrogen-bond acceptors (Lipinski definition) is 10. The number of carbonyl (C=O) groups excluding carboxylic acids is 3. The van der Waals surface area contributed by atoms with E-state index in [4.69, 9.17) is 4.74 Å². The summed E-state index contributed by atoms with van der Waals surface area (Å²) in [5.41, 5.74) is 3.57. The summed E-state index contributed by atoms with van der Waals surface area (Å²) in [6, 6.07) is 11.5.